The van der Waals surface area contributed by atoms with E-state index in [1.165, 1.54) is 24.6 Å². The van der Waals surface area contributed by atoms with E-state index in [4.69, 9.17) is 0 Å². The summed E-state index contributed by atoms with van der Waals surface area (Å²) in [5.74, 6) is 1.94. The van der Waals surface area contributed by atoms with Crippen LogP contribution in [0.25, 0.3) is 0 Å². The zero-order valence-electron chi connectivity index (χ0n) is 13.4. The van der Waals surface area contributed by atoms with Crippen LogP contribution in [0.2, 0.25) is 0 Å². The number of aromatic nitrogens is 3. The van der Waals surface area contributed by atoms with E-state index in [1.54, 1.807) is 12.1 Å². The first-order valence-electron chi connectivity index (χ1n) is 8.17. The Kier molecular flexibility index (Phi) is 3.88. The molecule has 2 aliphatic rings. The Morgan fingerprint density at radius 1 is 1.38 bits per heavy atom. The molecule has 2 heterocycles. The highest BCUT2D eigenvalue weighted by Crippen LogP contribution is 2.40. The zero-order valence-corrected chi connectivity index (χ0v) is 14.2. The molecule has 0 atom stereocenters. The van der Waals surface area contributed by atoms with Gasteiger partial charge in [-0.15, -0.1) is 10.2 Å². The van der Waals surface area contributed by atoms with E-state index in [1.807, 2.05) is 6.07 Å². The maximum atomic E-state index is 12.5. The van der Waals surface area contributed by atoms with Crippen LogP contribution in [0.5, 0.6) is 0 Å². The average molecular weight is 342 g/mol. The second-order valence-electron chi connectivity index (χ2n) is 6.17. The van der Waals surface area contributed by atoms with Gasteiger partial charge in [0.05, 0.1) is 12.2 Å². The molecular weight excluding hydrogens is 324 g/mol. The number of ketones is 1. The normalized spacial score (nSPS) is 16.1. The highest BCUT2D eigenvalue weighted by molar-refractivity contribution is 7.99. The molecule has 1 amide bonds. The van der Waals surface area contributed by atoms with Gasteiger partial charge in [0.25, 0.3) is 0 Å². The van der Waals surface area contributed by atoms with E-state index in [9.17, 15) is 9.59 Å². The number of Topliss-reactive ketones (excluding diaryl/α,β-unsaturated/α-hetero) is 1. The SMILES string of the molecule is CCn1c(SCC(=O)c2ccc3c(c2)CC(=O)N3)nnc1C1CC1. The number of carbonyl (C=O) groups is 2. The lowest BCUT2D eigenvalue weighted by molar-refractivity contribution is -0.115. The number of hydrogen-bond donors (Lipinski definition) is 1. The second-order valence-corrected chi connectivity index (χ2v) is 7.11. The van der Waals surface area contributed by atoms with Crippen LogP contribution in [0.3, 0.4) is 0 Å². The van der Waals surface area contributed by atoms with Gasteiger partial charge in [-0.05, 0) is 43.5 Å². The Balaban J connectivity index is 1.46. The lowest BCUT2D eigenvalue weighted by Crippen LogP contribution is -2.06. The summed E-state index contributed by atoms with van der Waals surface area (Å²) < 4.78 is 2.11. The van der Waals surface area contributed by atoms with Gasteiger partial charge in [-0.1, -0.05) is 11.8 Å². The minimum Gasteiger partial charge on any atom is -0.326 e. The van der Waals surface area contributed by atoms with Gasteiger partial charge < -0.3 is 9.88 Å². The molecular formula is C17H18N4O2S. The number of rotatable bonds is 6. The monoisotopic (exact) mass is 342 g/mol. The average Bonchev–Trinajstić information content (AvgIpc) is 3.23. The van der Waals surface area contributed by atoms with E-state index in [2.05, 4.69) is 27.0 Å². The van der Waals surface area contributed by atoms with Gasteiger partial charge in [-0.3, -0.25) is 9.59 Å². The van der Waals surface area contributed by atoms with Crippen molar-refractivity contribution in [1.82, 2.24) is 14.8 Å². The Labute approximate surface area is 144 Å². The number of carbonyl (C=O) groups excluding carboxylic acids is 2. The predicted molar refractivity (Wildman–Crippen MR) is 91.5 cm³/mol. The number of anilines is 1. The second kappa shape index (κ2) is 6.05. The Hall–Kier alpha value is -2.15. The van der Waals surface area contributed by atoms with Crippen molar-refractivity contribution in [3.63, 3.8) is 0 Å². The molecule has 1 N–H and O–H groups in total. The summed E-state index contributed by atoms with van der Waals surface area (Å²) in [5.41, 5.74) is 2.34. The first kappa shape index (κ1) is 15.4. The van der Waals surface area contributed by atoms with Crippen molar-refractivity contribution < 1.29 is 9.59 Å². The van der Waals surface area contributed by atoms with Gasteiger partial charge in [0.1, 0.15) is 5.82 Å². The Morgan fingerprint density at radius 2 is 2.21 bits per heavy atom. The van der Waals surface area contributed by atoms with Crippen molar-refractivity contribution in [2.75, 3.05) is 11.1 Å². The van der Waals surface area contributed by atoms with E-state index in [0.29, 0.717) is 23.7 Å². The maximum Gasteiger partial charge on any atom is 0.228 e. The summed E-state index contributed by atoms with van der Waals surface area (Å²) in [4.78, 5) is 23.9. The molecule has 0 spiro atoms. The summed E-state index contributed by atoms with van der Waals surface area (Å²) in [7, 11) is 0. The highest BCUT2D eigenvalue weighted by Gasteiger charge is 2.30. The molecule has 0 radical (unpaired) electrons. The van der Waals surface area contributed by atoms with Crippen molar-refractivity contribution in [1.29, 1.82) is 0 Å². The van der Waals surface area contributed by atoms with E-state index in [-0.39, 0.29) is 11.7 Å². The number of thioether (sulfide) groups is 1. The van der Waals surface area contributed by atoms with Crippen molar-refractivity contribution in [3.8, 4) is 0 Å². The minimum absolute atomic E-state index is 0.0207. The van der Waals surface area contributed by atoms with Crippen LogP contribution in [-0.2, 0) is 17.8 Å². The fourth-order valence-electron chi connectivity index (χ4n) is 2.96. The van der Waals surface area contributed by atoms with Crippen LogP contribution in [0.1, 0.15) is 47.4 Å². The molecule has 1 aromatic carbocycles. The van der Waals surface area contributed by atoms with Gasteiger partial charge in [0.15, 0.2) is 10.9 Å². The molecule has 24 heavy (non-hydrogen) atoms. The van der Waals surface area contributed by atoms with Crippen molar-refractivity contribution in [2.45, 2.75) is 43.8 Å². The van der Waals surface area contributed by atoms with Crippen LogP contribution in [0.15, 0.2) is 23.4 Å². The van der Waals surface area contributed by atoms with Gasteiger partial charge in [0, 0.05) is 23.7 Å². The summed E-state index contributed by atoms with van der Waals surface area (Å²) in [5, 5.41) is 12.1. The number of hydrogen-bond acceptors (Lipinski definition) is 5. The molecule has 7 heteroatoms. The third-order valence-corrected chi connectivity index (χ3v) is 5.36. The van der Waals surface area contributed by atoms with Crippen LogP contribution < -0.4 is 5.32 Å². The Bertz CT molecular complexity index is 826. The van der Waals surface area contributed by atoms with Crippen molar-refractivity contribution in [2.24, 2.45) is 0 Å². The quantitative estimate of drug-likeness (QED) is 0.645. The zero-order chi connectivity index (χ0) is 16.7. The van der Waals surface area contributed by atoms with Crippen LogP contribution >= 0.6 is 11.8 Å². The molecule has 124 valence electrons. The van der Waals surface area contributed by atoms with E-state index >= 15 is 0 Å². The molecule has 0 bridgehead atoms. The first-order valence-corrected chi connectivity index (χ1v) is 9.16. The summed E-state index contributed by atoms with van der Waals surface area (Å²) in [6, 6.07) is 5.39. The maximum absolute atomic E-state index is 12.5. The number of fused-ring (bicyclic) bond motifs is 1. The van der Waals surface area contributed by atoms with E-state index in [0.717, 1.165) is 28.8 Å². The van der Waals surface area contributed by atoms with Gasteiger partial charge in [0.2, 0.25) is 5.91 Å². The highest BCUT2D eigenvalue weighted by atomic mass is 32.2. The fourth-order valence-corrected chi connectivity index (χ4v) is 3.87. The summed E-state index contributed by atoms with van der Waals surface area (Å²) >= 11 is 1.43. The van der Waals surface area contributed by atoms with Crippen LogP contribution in [0.4, 0.5) is 5.69 Å². The van der Waals surface area contributed by atoms with Gasteiger partial charge >= 0.3 is 0 Å². The minimum atomic E-state index is -0.0207. The first-order chi connectivity index (χ1) is 11.7. The fraction of sp³-hybridized carbons (Fsp3) is 0.412. The molecule has 1 aromatic heterocycles. The number of nitrogens with one attached hydrogen (secondary N) is 1. The molecule has 1 saturated carbocycles. The van der Waals surface area contributed by atoms with E-state index < -0.39 is 0 Å². The number of benzene rings is 1. The standard InChI is InChI=1S/C17H18N4O2S/c1-2-21-16(10-3-4-10)19-20-17(21)24-9-14(22)11-5-6-13-12(7-11)8-15(23)18-13/h5-7,10H,2-4,8-9H2,1H3,(H,18,23). The summed E-state index contributed by atoms with van der Waals surface area (Å²) in [6.45, 7) is 2.90. The lowest BCUT2D eigenvalue weighted by Gasteiger charge is -2.07. The molecule has 4 rings (SSSR count). The molecule has 0 unspecified atom stereocenters. The van der Waals surface area contributed by atoms with Crippen LogP contribution in [0, 0.1) is 0 Å². The van der Waals surface area contributed by atoms with Crippen molar-refractivity contribution in [3.05, 3.63) is 35.2 Å². The van der Waals surface area contributed by atoms with Crippen molar-refractivity contribution >= 4 is 29.1 Å². The number of nitrogens with zero attached hydrogens (tertiary/aromatic N) is 3. The van der Waals surface area contributed by atoms with Gasteiger partial charge in [-0.25, -0.2) is 0 Å². The Morgan fingerprint density at radius 3 is 2.96 bits per heavy atom. The number of amides is 1. The molecule has 1 fully saturated rings. The lowest BCUT2D eigenvalue weighted by atomic mass is 10.1. The van der Waals surface area contributed by atoms with Crippen LogP contribution in [-0.4, -0.2) is 32.2 Å². The molecule has 1 aliphatic heterocycles. The van der Waals surface area contributed by atoms with Gasteiger partial charge in [-0.2, -0.15) is 0 Å². The molecule has 6 nitrogen and oxygen atoms in total. The summed E-state index contributed by atoms with van der Waals surface area (Å²) in [6.07, 6.45) is 2.71. The molecule has 1 aliphatic carbocycles. The smallest absolute Gasteiger partial charge is 0.228 e. The molecule has 0 saturated heterocycles. The largest absolute Gasteiger partial charge is 0.326 e. The predicted octanol–water partition coefficient (Wildman–Crippen LogP) is 2.65. The molecule has 2 aromatic rings. The third kappa shape index (κ3) is 2.84. The third-order valence-electron chi connectivity index (χ3n) is 4.39. The topological polar surface area (TPSA) is 76.9 Å².